The Morgan fingerprint density at radius 3 is 2.85 bits per heavy atom. The van der Waals surface area contributed by atoms with Crippen LogP contribution in [0, 0.1) is 0 Å². The molecule has 3 nitrogen and oxygen atoms in total. The summed E-state index contributed by atoms with van der Waals surface area (Å²) in [5.41, 5.74) is 6.35. The Morgan fingerprint density at radius 1 is 1.54 bits per heavy atom. The van der Waals surface area contributed by atoms with E-state index in [0.29, 0.717) is 11.7 Å². The Balaban J connectivity index is 2.69. The lowest BCUT2D eigenvalue weighted by atomic mass is 10.2. The predicted molar refractivity (Wildman–Crippen MR) is 56.6 cm³/mol. The van der Waals surface area contributed by atoms with Crippen molar-refractivity contribution in [3.63, 3.8) is 0 Å². The fraction of sp³-hybridized carbons (Fsp3) is 0.222. The van der Waals surface area contributed by atoms with Gasteiger partial charge >= 0.3 is 0 Å². The third kappa shape index (κ3) is 2.91. The van der Waals surface area contributed by atoms with Crippen molar-refractivity contribution in [1.29, 1.82) is 0 Å². The second kappa shape index (κ2) is 4.67. The number of thiocarbonyl (C=S) groups is 1. The molecule has 0 spiro atoms. The molecule has 13 heavy (non-hydrogen) atoms. The molecule has 0 radical (unpaired) electrons. The number of para-hydroxylation sites is 1. The monoisotopic (exact) mass is 196 g/mol. The average Bonchev–Trinajstić information content (AvgIpc) is 2.15. The normalized spacial score (nSPS) is 9.31. The highest BCUT2D eigenvalue weighted by atomic mass is 32.1. The smallest absolute Gasteiger partial charge is 0.163 e. The molecule has 0 atom stereocenters. The van der Waals surface area contributed by atoms with E-state index >= 15 is 0 Å². The minimum atomic E-state index is 0.297. The molecule has 0 aliphatic rings. The molecule has 1 rings (SSSR count). The van der Waals surface area contributed by atoms with Gasteiger partial charge in [-0.1, -0.05) is 18.2 Å². The van der Waals surface area contributed by atoms with Crippen LogP contribution in [-0.2, 0) is 6.54 Å². The van der Waals surface area contributed by atoms with E-state index in [1.165, 1.54) is 0 Å². The van der Waals surface area contributed by atoms with Crippen LogP contribution in [0.15, 0.2) is 24.3 Å². The van der Waals surface area contributed by atoms with Crippen LogP contribution in [0.4, 0.5) is 0 Å². The van der Waals surface area contributed by atoms with Gasteiger partial charge in [0, 0.05) is 12.1 Å². The van der Waals surface area contributed by atoms with Crippen molar-refractivity contribution in [3.8, 4) is 5.75 Å². The van der Waals surface area contributed by atoms with Crippen molar-refractivity contribution in [2.24, 2.45) is 5.73 Å². The topological polar surface area (TPSA) is 47.3 Å². The van der Waals surface area contributed by atoms with Crippen molar-refractivity contribution in [2.75, 3.05) is 7.11 Å². The maximum Gasteiger partial charge on any atom is 0.163 e. The molecule has 0 saturated heterocycles. The second-order valence-corrected chi connectivity index (χ2v) is 2.97. The van der Waals surface area contributed by atoms with E-state index in [1.54, 1.807) is 7.11 Å². The van der Waals surface area contributed by atoms with E-state index in [9.17, 15) is 0 Å². The van der Waals surface area contributed by atoms with Crippen molar-refractivity contribution in [2.45, 2.75) is 6.54 Å². The Bertz CT molecular complexity index is 301. The molecule has 1 aromatic rings. The molecular formula is C9H12N2OS. The average molecular weight is 196 g/mol. The first-order chi connectivity index (χ1) is 6.24. The third-order valence-electron chi connectivity index (χ3n) is 1.65. The van der Waals surface area contributed by atoms with Crippen molar-refractivity contribution in [1.82, 2.24) is 5.32 Å². The first-order valence-corrected chi connectivity index (χ1v) is 4.30. The number of rotatable bonds is 3. The lowest BCUT2D eigenvalue weighted by Crippen LogP contribution is -2.28. The van der Waals surface area contributed by atoms with Crippen LogP contribution in [0.25, 0.3) is 0 Å². The molecule has 0 aliphatic heterocycles. The summed E-state index contributed by atoms with van der Waals surface area (Å²) in [6, 6.07) is 7.73. The van der Waals surface area contributed by atoms with Gasteiger partial charge < -0.3 is 15.8 Å². The quantitative estimate of drug-likeness (QED) is 0.709. The van der Waals surface area contributed by atoms with E-state index < -0.39 is 0 Å². The highest BCUT2D eigenvalue weighted by Gasteiger charge is 2.00. The summed E-state index contributed by atoms with van der Waals surface area (Å²) in [4.78, 5) is 0. The summed E-state index contributed by atoms with van der Waals surface area (Å²) < 4.78 is 5.15. The van der Waals surface area contributed by atoms with Crippen LogP contribution in [0.1, 0.15) is 5.56 Å². The maximum atomic E-state index is 5.31. The predicted octanol–water partition coefficient (Wildman–Crippen LogP) is 1.03. The second-order valence-electron chi connectivity index (χ2n) is 2.53. The third-order valence-corrected chi connectivity index (χ3v) is 1.79. The molecule has 0 fully saturated rings. The Labute approximate surface area is 82.9 Å². The summed E-state index contributed by atoms with van der Waals surface area (Å²) >= 11 is 4.70. The van der Waals surface area contributed by atoms with Crippen molar-refractivity contribution >= 4 is 17.3 Å². The van der Waals surface area contributed by atoms with Gasteiger partial charge in [-0.2, -0.15) is 0 Å². The first kappa shape index (κ1) is 9.80. The molecule has 0 unspecified atom stereocenters. The first-order valence-electron chi connectivity index (χ1n) is 3.89. The summed E-state index contributed by atoms with van der Waals surface area (Å²) in [5, 5.41) is 3.16. The molecule has 0 aliphatic carbocycles. The van der Waals surface area contributed by atoms with Crippen LogP contribution in [-0.4, -0.2) is 12.2 Å². The number of methoxy groups -OCH3 is 1. The number of hydrogen-bond acceptors (Lipinski definition) is 2. The van der Waals surface area contributed by atoms with Crippen LogP contribution in [0.2, 0.25) is 0 Å². The van der Waals surface area contributed by atoms with Crippen LogP contribution in [0.3, 0.4) is 0 Å². The number of hydrogen-bond donors (Lipinski definition) is 2. The number of ether oxygens (including phenoxy) is 1. The van der Waals surface area contributed by atoms with Crippen LogP contribution < -0.4 is 15.8 Å². The van der Waals surface area contributed by atoms with E-state index in [0.717, 1.165) is 11.3 Å². The highest BCUT2D eigenvalue weighted by Crippen LogP contribution is 2.16. The molecule has 0 aromatic heterocycles. The van der Waals surface area contributed by atoms with Gasteiger partial charge in [0.25, 0.3) is 0 Å². The molecule has 0 saturated carbocycles. The molecule has 0 amide bonds. The largest absolute Gasteiger partial charge is 0.496 e. The van der Waals surface area contributed by atoms with Gasteiger partial charge in [0.05, 0.1) is 7.11 Å². The van der Waals surface area contributed by atoms with Gasteiger partial charge in [-0.05, 0) is 18.3 Å². The molecule has 0 bridgehead atoms. The summed E-state index contributed by atoms with van der Waals surface area (Å²) in [7, 11) is 1.64. The minimum Gasteiger partial charge on any atom is -0.496 e. The Hall–Kier alpha value is -1.29. The summed E-state index contributed by atoms with van der Waals surface area (Å²) in [6.45, 7) is 0.597. The zero-order chi connectivity index (χ0) is 9.68. The number of benzene rings is 1. The fourth-order valence-electron chi connectivity index (χ4n) is 1.03. The SMILES string of the molecule is COc1ccccc1CNC(N)=S. The number of nitrogens with two attached hydrogens (primary N) is 1. The molecule has 70 valence electrons. The summed E-state index contributed by atoms with van der Waals surface area (Å²) in [6.07, 6.45) is 0. The lowest BCUT2D eigenvalue weighted by Gasteiger charge is -2.08. The van der Waals surface area contributed by atoms with Gasteiger partial charge in [-0.3, -0.25) is 0 Å². The van der Waals surface area contributed by atoms with Crippen molar-refractivity contribution < 1.29 is 4.74 Å². The van der Waals surface area contributed by atoms with Gasteiger partial charge in [0.15, 0.2) is 5.11 Å². The Kier molecular flexibility index (Phi) is 3.52. The molecule has 0 heterocycles. The minimum absolute atomic E-state index is 0.297. The fourth-order valence-corrected chi connectivity index (χ4v) is 1.10. The molecule has 4 heteroatoms. The molecular weight excluding hydrogens is 184 g/mol. The van der Waals surface area contributed by atoms with E-state index in [2.05, 4.69) is 5.32 Å². The molecule has 1 aromatic carbocycles. The van der Waals surface area contributed by atoms with Gasteiger partial charge in [0.2, 0.25) is 0 Å². The zero-order valence-corrected chi connectivity index (χ0v) is 8.23. The maximum absolute atomic E-state index is 5.31. The highest BCUT2D eigenvalue weighted by molar-refractivity contribution is 7.80. The lowest BCUT2D eigenvalue weighted by molar-refractivity contribution is 0.409. The van der Waals surface area contributed by atoms with Gasteiger partial charge in [-0.15, -0.1) is 0 Å². The van der Waals surface area contributed by atoms with Gasteiger partial charge in [0.1, 0.15) is 5.75 Å². The molecule has 3 N–H and O–H groups in total. The Morgan fingerprint density at radius 2 is 2.23 bits per heavy atom. The van der Waals surface area contributed by atoms with E-state index in [-0.39, 0.29) is 0 Å². The van der Waals surface area contributed by atoms with E-state index in [1.807, 2.05) is 24.3 Å². The van der Waals surface area contributed by atoms with Crippen molar-refractivity contribution in [3.05, 3.63) is 29.8 Å². The van der Waals surface area contributed by atoms with Crippen LogP contribution in [0.5, 0.6) is 5.75 Å². The zero-order valence-electron chi connectivity index (χ0n) is 7.41. The van der Waals surface area contributed by atoms with Gasteiger partial charge in [-0.25, -0.2) is 0 Å². The standard InChI is InChI=1S/C9H12N2OS/c1-12-8-5-3-2-4-7(8)6-11-9(10)13/h2-5H,6H2,1H3,(H3,10,11,13). The van der Waals surface area contributed by atoms with Crippen LogP contribution >= 0.6 is 12.2 Å². The van der Waals surface area contributed by atoms with E-state index in [4.69, 9.17) is 22.7 Å². The summed E-state index contributed by atoms with van der Waals surface area (Å²) in [5.74, 6) is 0.839. The number of nitrogens with one attached hydrogen (secondary N) is 1.